The molecule has 2 atom stereocenters. The van der Waals surface area contributed by atoms with Gasteiger partial charge in [0.1, 0.15) is 5.75 Å². The lowest BCUT2D eigenvalue weighted by Gasteiger charge is -2.22. The van der Waals surface area contributed by atoms with Crippen LogP contribution in [-0.2, 0) is 12.8 Å². The Hall–Kier alpha value is -1.84. The van der Waals surface area contributed by atoms with Crippen molar-refractivity contribution < 1.29 is 10.2 Å². The van der Waals surface area contributed by atoms with E-state index in [-0.39, 0.29) is 18.7 Å². The van der Waals surface area contributed by atoms with Crippen molar-refractivity contribution in [3.63, 3.8) is 0 Å². The highest BCUT2D eigenvalue weighted by Gasteiger charge is 2.26. The van der Waals surface area contributed by atoms with Crippen LogP contribution in [0.15, 0.2) is 48.5 Å². The summed E-state index contributed by atoms with van der Waals surface area (Å²) in [5, 5.41) is 23.1. The number of aliphatic hydroxyl groups excluding tert-OH is 1. The molecule has 0 spiro atoms. The third-order valence-corrected chi connectivity index (χ3v) is 4.23. The monoisotopic (exact) mass is 283 g/mol. The molecule has 3 rings (SSSR count). The molecule has 1 aliphatic carbocycles. The van der Waals surface area contributed by atoms with Gasteiger partial charge in [-0.25, -0.2) is 0 Å². The maximum absolute atomic E-state index is 9.90. The Morgan fingerprint density at radius 3 is 2.67 bits per heavy atom. The third-order valence-electron chi connectivity index (χ3n) is 4.23. The molecule has 0 aliphatic heterocycles. The number of aromatic hydroxyl groups is 1. The summed E-state index contributed by atoms with van der Waals surface area (Å²) in [6.07, 6.45) is 2.67. The standard InChI is InChI=1S/C18H21NO2/c20-12-14(11-13-5-2-1-3-6-13)19-17-10-9-16-15(17)7-4-8-18(16)21/h1-8,14,17,19-21H,9-12H2/t14-,17?/m0/s1. The van der Waals surface area contributed by atoms with Crippen molar-refractivity contribution in [2.45, 2.75) is 31.3 Å². The summed E-state index contributed by atoms with van der Waals surface area (Å²) in [4.78, 5) is 0. The quantitative estimate of drug-likeness (QED) is 0.790. The molecule has 3 N–H and O–H groups in total. The molecule has 1 unspecified atom stereocenters. The predicted molar refractivity (Wildman–Crippen MR) is 83.3 cm³/mol. The molecular formula is C18H21NO2. The van der Waals surface area contributed by atoms with Gasteiger partial charge in [0.05, 0.1) is 6.61 Å². The van der Waals surface area contributed by atoms with E-state index < -0.39 is 0 Å². The van der Waals surface area contributed by atoms with Gasteiger partial charge < -0.3 is 15.5 Å². The van der Waals surface area contributed by atoms with Gasteiger partial charge in [0.2, 0.25) is 0 Å². The highest BCUT2D eigenvalue weighted by molar-refractivity contribution is 5.44. The summed E-state index contributed by atoms with van der Waals surface area (Å²) in [5.41, 5.74) is 3.44. The topological polar surface area (TPSA) is 52.5 Å². The van der Waals surface area contributed by atoms with E-state index in [1.807, 2.05) is 24.3 Å². The van der Waals surface area contributed by atoms with Crippen LogP contribution in [-0.4, -0.2) is 22.9 Å². The van der Waals surface area contributed by atoms with E-state index in [9.17, 15) is 10.2 Å². The highest BCUT2D eigenvalue weighted by atomic mass is 16.3. The van der Waals surface area contributed by atoms with E-state index in [0.29, 0.717) is 5.75 Å². The summed E-state index contributed by atoms with van der Waals surface area (Å²) in [5.74, 6) is 0.389. The number of nitrogens with one attached hydrogen (secondary N) is 1. The molecule has 0 radical (unpaired) electrons. The van der Waals surface area contributed by atoms with E-state index in [1.165, 1.54) is 11.1 Å². The summed E-state index contributed by atoms with van der Waals surface area (Å²) < 4.78 is 0. The maximum atomic E-state index is 9.90. The predicted octanol–water partition coefficient (Wildman–Crippen LogP) is 2.57. The van der Waals surface area contributed by atoms with Crippen LogP contribution in [0.1, 0.15) is 29.2 Å². The average Bonchev–Trinajstić information content (AvgIpc) is 2.92. The van der Waals surface area contributed by atoms with Crippen LogP contribution >= 0.6 is 0 Å². The second-order valence-corrected chi connectivity index (χ2v) is 5.67. The highest BCUT2D eigenvalue weighted by Crippen LogP contribution is 2.36. The lowest BCUT2D eigenvalue weighted by Crippen LogP contribution is -2.36. The molecule has 3 nitrogen and oxygen atoms in total. The van der Waals surface area contributed by atoms with Crippen LogP contribution in [0, 0.1) is 0 Å². The van der Waals surface area contributed by atoms with Gasteiger partial charge in [0.25, 0.3) is 0 Å². The average molecular weight is 283 g/mol. The Labute approximate surface area is 125 Å². The lowest BCUT2D eigenvalue weighted by atomic mass is 10.0. The van der Waals surface area contributed by atoms with Crippen LogP contribution in [0.3, 0.4) is 0 Å². The van der Waals surface area contributed by atoms with E-state index in [0.717, 1.165) is 24.8 Å². The van der Waals surface area contributed by atoms with Gasteiger partial charge in [-0.05, 0) is 42.0 Å². The van der Waals surface area contributed by atoms with Crippen LogP contribution in [0.5, 0.6) is 5.75 Å². The third kappa shape index (κ3) is 3.09. The van der Waals surface area contributed by atoms with Crippen LogP contribution in [0.4, 0.5) is 0 Å². The minimum absolute atomic E-state index is 0.0331. The number of aliphatic hydroxyl groups is 1. The number of rotatable bonds is 5. The van der Waals surface area contributed by atoms with Crippen molar-refractivity contribution in [1.29, 1.82) is 0 Å². The lowest BCUT2D eigenvalue weighted by molar-refractivity contribution is 0.230. The Morgan fingerprint density at radius 2 is 1.90 bits per heavy atom. The molecule has 0 saturated carbocycles. The Kier molecular flexibility index (Phi) is 4.23. The Balaban J connectivity index is 1.70. The summed E-state index contributed by atoms with van der Waals surface area (Å²) >= 11 is 0. The molecule has 0 fully saturated rings. The number of hydrogen-bond acceptors (Lipinski definition) is 3. The maximum Gasteiger partial charge on any atom is 0.119 e. The molecule has 0 heterocycles. The SMILES string of the molecule is OC[C@H](Cc1ccccc1)NC1CCc2c(O)cccc21. The zero-order chi connectivity index (χ0) is 14.7. The number of phenolic OH excluding ortho intramolecular Hbond substituents is 1. The normalized spacial score (nSPS) is 18.4. The Morgan fingerprint density at radius 1 is 1.10 bits per heavy atom. The van der Waals surface area contributed by atoms with Gasteiger partial charge in [-0.3, -0.25) is 0 Å². The first-order valence-electron chi connectivity index (χ1n) is 7.49. The van der Waals surface area contributed by atoms with E-state index in [1.54, 1.807) is 6.07 Å². The number of benzene rings is 2. The first kappa shape index (κ1) is 14.1. The fourth-order valence-corrected chi connectivity index (χ4v) is 3.17. The largest absolute Gasteiger partial charge is 0.508 e. The van der Waals surface area contributed by atoms with Crippen molar-refractivity contribution in [1.82, 2.24) is 5.32 Å². The van der Waals surface area contributed by atoms with E-state index in [4.69, 9.17) is 0 Å². The zero-order valence-electron chi connectivity index (χ0n) is 12.0. The van der Waals surface area contributed by atoms with Crippen molar-refractivity contribution in [2.24, 2.45) is 0 Å². The molecule has 21 heavy (non-hydrogen) atoms. The fraction of sp³-hybridized carbons (Fsp3) is 0.333. The summed E-state index contributed by atoms with van der Waals surface area (Å²) in [6.45, 7) is 0.111. The van der Waals surface area contributed by atoms with E-state index >= 15 is 0 Å². The van der Waals surface area contributed by atoms with Crippen LogP contribution in [0.2, 0.25) is 0 Å². The minimum atomic E-state index is 0.0331. The minimum Gasteiger partial charge on any atom is -0.508 e. The van der Waals surface area contributed by atoms with Gasteiger partial charge >= 0.3 is 0 Å². The van der Waals surface area contributed by atoms with Crippen LogP contribution < -0.4 is 5.32 Å². The first-order chi connectivity index (χ1) is 10.3. The second kappa shape index (κ2) is 6.29. The Bertz CT molecular complexity index is 597. The second-order valence-electron chi connectivity index (χ2n) is 5.67. The summed E-state index contributed by atoms with van der Waals surface area (Å²) in [6, 6.07) is 16.2. The molecule has 0 amide bonds. The van der Waals surface area contributed by atoms with Gasteiger partial charge in [-0.2, -0.15) is 0 Å². The molecule has 2 aromatic carbocycles. The molecule has 110 valence electrons. The van der Waals surface area contributed by atoms with E-state index in [2.05, 4.69) is 23.5 Å². The van der Waals surface area contributed by atoms with Gasteiger partial charge in [0, 0.05) is 12.1 Å². The fourth-order valence-electron chi connectivity index (χ4n) is 3.17. The molecule has 0 aromatic heterocycles. The molecule has 1 aliphatic rings. The number of fused-ring (bicyclic) bond motifs is 1. The van der Waals surface area contributed by atoms with Crippen molar-refractivity contribution in [2.75, 3.05) is 6.61 Å². The zero-order valence-corrected chi connectivity index (χ0v) is 12.0. The van der Waals surface area contributed by atoms with Gasteiger partial charge in [-0.1, -0.05) is 42.5 Å². The van der Waals surface area contributed by atoms with Gasteiger partial charge in [-0.15, -0.1) is 0 Å². The summed E-state index contributed by atoms with van der Waals surface area (Å²) in [7, 11) is 0. The van der Waals surface area contributed by atoms with Crippen molar-refractivity contribution >= 4 is 0 Å². The van der Waals surface area contributed by atoms with Crippen molar-refractivity contribution in [3.8, 4) is 5.75 Å². The number of hydrogen-bond donors (Lipinski definition) is 3. The van der Waals surface area contributed by atoms with Crippen LogP contribution in [0.25, 0.3) is 0 Å². The number of phenols is 1. The van der Waals surface area contributed by atoms with Crippen molar-refractivity contribution in [3.05, 3.63) is 65.2 Å². The molecule has 2 aromatic rings. The molecule has 0 bridgehead atoms. The molecular weight excluding hydrogens is 262 g/mol. The molecule has 0 saturated heterocycles. The molecule has 3 heteroatoms. The smallest absolute Gasteiger partial charge is 0.119 e. The first-order valence-corrected chi connectivity index (χ1v) is 7.49. The van der Waals surface area contributed by atoms with Gasteiger partial charge in [0.15, 0.2) is 0 Å².